The van der Waals surface area contributed by atoms with E-state index in [-0.39, 0.29) is 24.5 Å². The Labute approximate surface area is 355 Å². The van der Waals surface area contributed by atoms with E-state index in [4.69, 9.17) is 14.7 Å². The van der Waals surface area contributed by atoms with Crippen LogP contribution in [0.2, 0.25) is 0 Å². The molecule has 0 aliphatic carbocycles. The standard InChI is InChI=1S/C22H18FN5O3.C16H12FN5O.C6H8O3/c1-22(2,20(29)30)11-17-26-25-16-8-5-14(12-28(16)17)19-18(13-3-6-15(23)7-4-13)24-21-27(19)9-10-31-21;17-12-4-1-10(2-5-12)14-15(22-7-8-23-16(22)20-14)11-3-6-13(21-18)19-9-11;1-6(2)3-4(7)9-5(6)8/h3-10,12H,11H2,1-2H3,(H,29,30);1-9H,18H2,(H,19,21);3H2,1-2H3. The minimum absolute atomic E-state index is 0.214. The number of carbonyl (C=O) groups is 3. The van der Waals surface area contributed by atoms with E-state index >= 15 is 0 Å². The normalized spacial score (nSPS) is 13.4. The van der Waals surface area contributed by atoms with Crippen LogP contribution in [-0.4, -0.2) is 61.4 Å². The second kappa shape index (κ2) is 16.4. The number of anilines is 1. The van der Waals surface area contributed by atoms with E-state index in [0.717, 1.165) is 33.6 Å². The molecule has 1 saturated heterocycles. The monoisotopic (exact) mass is 856 g/mol. The van der Waals surface area contributed by atoms with Crippen molar-refractivity contribution in [2.75, 3.05) is 5.43 Å². The van der Waals surface area contributed by atoms with Crippen molar-refractivity contribution in [1.29, 1.82) is 0 Å². The van der Waals surface area contributed by atoms with Gasteiger partial charge in [-0.3, -0.25) is 27.6 Å². The number of nitrogens with zero attached hydrogens (tertiary/aromatic N) is 8. The van der Waals surface area contributed by atoms with Gasteiger partial charge in [0.25, 0.3) is 0 Å². The second-order valence-corrected chi connectivity index (χ2v) is 15.8. The average Bonchev–Trinajstić information content (AvgIpc) is 4.11. The van der Waals surface area contributed by atoms with Crippen LogP contribution in [0, 0.1) is 22.5 Å². The summed E-state index contributed by atoms with van der Waals surface area (Å²) >= 11 is 0. The molecule has 0 unspecified atom stereocenters. The first-order valence-corrected chi connectivity index (χ1v) is 19.3. The number of hydrazine groups is 1. The summed E-state index contributed by atoms with van der Waals surface area (Å²) in [7, 11) is 0. The number of nitrogen functional groups attached to an aromatic ring is 1. The number of nitrogens with two attached hydrogens (primary N) is 1. The number of cyclic esters (lactones) is 2. The SMILES string of the molecule is CC(C)(Cc1nnc2ccc(-c3c(-c4ccc(F)cc4)nc4occn34)cn12)C(=O)O.CC1(C)CC(=O)OC1=O.NNc1ccc(-c2c(-c3ccc(F)cc3)nc3occn23)cn1. The molecule has 17 nitrogen and oxygen atoms in total. The van der Waals surface area contributed by atoms with Crippen LogP contribution in [0.1, 0.15) is 39.9 Å². The fraction of sp³-hybridized carbons (Fsp3) is 0.182. The van der Waals surface area contributed by atoms with Gasteiger partial charge in [-0.25, -0.2) is 19.6 Å². The molecule has 9 aromatic rings. The van der Waals surface area contributed by atoms with Crippen molar-refractivity contribution in [3.05, 3.63) is 128 Å². The van der Waals surface area contributed by atoms with Gasteiger partial charge in [0.2, 0.25) is 0 Å². The zero-order valence-corrected chi connectivity index (χ0v) is 34.1. The van der Waals surface area contributed by atoms with Crippen LogP contribution in [0.15, 0.2) is 119 Å². The summed E-state index contributed by atoms with van der Waals surface area (Å²) in [6, 6.07) is 19.6. The number of rotatable bonds is 8. The number of fused-ring (bicyclic) bond motifs is 3. The number of esters is 2. The highest BCUT2D eigenvalue weighted by Crippen LogP contribution is 2.35. The summed E-state index contributed by atoms with van der Waals surface area (Å²) in [4.78, 5) is 46.0. The molecule has 0 bridgehead atoms. The Balaban J connectivity index is 0.000000149. The van der Waals surface area contributed by atoms with E-state index in [9.17, 15) is 28.3 Å². The van der Waals surface area contributed by atoms with Crippen molar-refractivity contribution < 1.29 is 41.8 Å². The lowest BCUT2D eigenvalue weighted by Crippen LogP contribution is -2.27. The summed E-state index contributed by atoms with van der Waals surface area (Å²) in [5.41, 5.74) is 7.61. The highest BCUT2D eigenvalue weighted by molar-refractivity contribution is 5.96. The molecule has 8 heterocycles. The fourth-order valence-electron chi connectivity index (χ4n) is 6.74. The molecule has 0 radical (unpaired) electrons. The first-order valence-electron chi connectivity index (χ1n) is 19.3. The zero-order chi connectivity index (χ0) is 44.6. The Morgan fingerprint density at radius 3 is 1.79 bits per heavy atom. The molecule has 1 aliphatic heterocycles. The third kappa shape index (κ3) is 8.36. The van der Waals surface area contributed by atoms with Gasteiger partial charge in [-0.05, 0) is 100 Å². The van der Waals surface area contributed by atoms with E-state index in [1.54, 1.807) is 93.5 Å². The molecule has 19 heteroatoms. The predicted molar refractivity (Wildman–Crippen MR) is 223 cm³/mol. The van der Waals surface area contributed by atoms with Crippen LogP contribution in [0.25, 0.3) is 62.4 Å². The molecule has 0 amide bonds. The average molecular weight is 857 g/mol. The first kappa shape index (κ1) is 41.7. The smallest absolute Gasteiger partial charge is 0.319 e. The Morgan fingerprint density at radius 1 is 0.794 bits per heavy atom. The lowest BCUT2D eigenvalue weighted by Gasteiger charge is -2.17. The molecule has 0 spiro atoms. The summed E-state index contributed by atoms with van der Waals surface area (Å²) < 4.78 is 47.2. The third-order valence-electron chi connectivity index (χ3n) is 10.2. The highest BCUT2D eigenvalue weighted by Gasteiger charge is 2.40. The number of benzene rings is 2. The number of aliphatic carboxylic acids is 1. The van der Waals surface area contributed by atoms with Gasteiger partial charge in [0, 0.05) is 53.5 Å². The maximum atomic E-state index is 13.4. The Bertz CT molecular complexity index is 3130. The predicted octanol–water partition coefficient (Wildman–Crippen LogP) is 7.66. The number of pyridine rings is 2. The van der Waals surface area contributed by atoms with Gasteiger partial charge in [0.05, 0.1) is 28.6 Å². The van der Waals surface area contributed by atoms with Crippen LogP contribution in [0.3, 0.4) is 0 Å². The van der Waals surface area contributed by atoms with Crippen molar-refractivity contribution in [2.45, 2.75) is 40.5 Å². The van der Waals surface area contributed by atoms with Crippen LogP contribution in [0.5, 0.6) is 0 Å². The lowest BCUT2D eigenvalue weighted by molar-refractivity contribution is -0.154. The largest absolute Gasteiger partial charge is 0.481 e. The number of carboxylic acid groups (broad SMARTS) is 1. The van der Waals surface area contributed by atoms with Crippen LogP contribution >= 0.6 is 0 Å². The van der Waals surface area contributed by atoms with Crippen LogP contribution in [0.4, 0.5) is 14.6 Å². The second-order valence-electron chi connectivity index (χ2n) is 15.8. The molecule has 10 rings (SSSR count). The molecule has 1 fully saturated rings. The van der Waals surface area contributed by atoms with E-state index in [0.29, 0.717) is 40.4 Å². The summed E-state index contributed by atoms with van der Waals surface area (Å²) in [6.45, 7) is 6.69. The number of ether oxygens (including phenoxy) is 1. The van der Waals surface area contributed by atoms with Gasteiger partial charge >= 0.3 is 29.6 Å². The number of imidazole rings is 2. The quantitative estimate of drug-likeness (QED) is 0.0578. The fourth-order valence-corrected chi connectivity index (χ4v) is 6.74. The van der Waals surface area contributed by atoms with Gasteiger partial charge in [-0.1, -0.05) is 0 Å². The summed E-state index contributed by atoms with van der Waals surface area (Å²) in [5.74, 6) is 4.96. The number of halogens is 2. The number of carboxylic acids is 1. The molecular formula is C44H38F2N10O7. The van der Waals surface area contributed by atoms with E-state index in [2.05, 4.69) is 35.3 Å². The third-order valence-corrected chi connectivity index (χ3v) is 10.2. The molecule has 1 aliphatic rings. The topological polar surface area (TPSA) is 223 Å². The molecule has 63 heavy (non-hydrogen) atoms. The Kier molecular flexibility index (Phi) is 10.9. The molecule has 2 aromatic carbocycles. The molecule has 7 aromatic heterocycles. The van der Waals surface area contributed by atoms with Crippen molar-refractivity contribution in [2.24, 2.45) is 16.7 Å². The van der Waals surface area contributed by atoms with Crippen LogP contribution < -0.4 is 11.3 Å². The highest BCUT2D eigenvalue weighted by atomic mass is 19.1. The Morgan fingerprint density at radius 2 is 1.33 bits per heavy atom. The zero-order valence-electron chi connectivity index (χ0n) is 34.1. The van der Waals surface area contributed by atoms with Gasteiger partial charge in [-0.2, -0.15) is 9.97 Å². The maximum absolute atomic E-state index is 13.4. The van der Waals surface area contributed by atoms with Crippen molar-refractivity contribution in [1.82, 2.24) is 38.4 Å². The van der Waals surface area contributed by atoms with Gasteiger partial charge in [0.15, 0.2) is 5.65 Å². The molecule has 4 N–H and O–H groups in total. The Hall–Kier alpha value is -8.06. The summed E-state index contributed by atoms with van der Waals surface area (Å²) in [6.07, 6.45) is 10.6. The minimum atomic E-state index is -0.993. The summed E-state index contributed by atoms with van der Waals surface area (Å²) in [5, 5.41) is 17.8. The molecular weight excluding hydrogens is 819 g/mol. The lowest BCUT2D eigenvalue weighted by atomic mass is 9.89. The molecule has 0 atom stereocenters. The van der Waals surface area contributed by atoms with Gasteiger partial charge in [0.1, 0.15) is 47.2 Å². The van der Waals surface area contributed by atoms with Gasteiger partial charge < -0.3 is 24.1 Å². The van der Waals surface area contributed by atoms with E-state index in [1.165, 1.54) is 24.3 Å². The number of hydrogen-bond acceptors (Lipinski definition) is 13. The number of nitrogens with one attached hydrogen (secondary N) is 1. The molecule has 320 valence electrons. The maximum Gasteiger partial charge on any atom is 0.319 e. The minimum Gasteiger partial charge on any atom is -0.481 e. The molecule has 0 saturated carbocycles. The first-order chi connectivity index (χ1) is 30.1. The van der Waals surface area contributed by atoms with Gasteiger partial charge in [-0.15, -0.1) is 10.2 Å². The van der Waals surface area contributed by atoms with Crippen molar-refractivity contribution in [3.63, 3.8) is 0 Å². The number of oxazole rings is 2. The van der Waals surface area contributed by atoms with Crippen molar-refractivity contribution >= 4 is 41.1 Å². The number of carbonyl (C=O) groups excluding carboxylic acids is 2. The van der Waals surface area contributed by atoms with Crippen LogP contribution in [-0.2, 0) is 25.5 Å². The van der Waals surface area contributed by atoms with E-state index < -0.39 is 28.7 Å². The van der Waals surface area contributed by atoms with E-state index in [1.807, 2.05) is 33.2 Å². The number of hydrogen-bond donors (Lipinski definition) is 3. The number of aromatic nitrogens is 8. The van der Waals surface area contributed by atoms with Crippen molar-refractivity contribution in [3.8, 4) is 45.0 Å².